The number of nitrogens with zero attached hydrogens (tertiary/aromatic N) is 2. The fourth-order valence-corrected chi connectivity index (χ4v) is 3.83. The Balaban J connectivity index is 1.78. The van der Waals surface area contributed by atoms with Crippen molar-refractivity contribution >= 4 is 17.5 Å². The van der Waals surface area contributed by atoms with Crippen molar-refractivity contribution in [3.8, 4) is 5.75 Å². The van der Waals surface area contributed by atoms with Gasteiger partial charge in [-0.25, -0.2) is 0 Å². The van der Waals surface area contributed by atoms with Gasteiger partial charge in [0.2, 0.25) is 11.8 Å². The van der Waals surface area contributed by atoms with Gasteiger partial charge >= 0.3 is 0 Å². The Bertz CT molecular complexity index is 893. The molecule has 0 N–H and O–H groups in total. The molecule has 1 aliphatic heterocycles. The SMILES string of the molecule is COc1ccccc1[C@H](C)N(C)C(=O)[C@@H]1CC(=O)N(c2cccc(C)c2C)C1. The monoisotopic (exact) mass is 380 g/mol. The van der Waals surface area contributed by atoms with Crippen LogP contribution in [0.4, 0.5) is 5.69 Å². The molecule has 148 valence electrons. The Morgan fingerprint density at radius 1 is 1.18 bits per heavy atom. The van der Waals surface area contributed by atoms with E-state index < -0.39 is 0 Å². The smallest absolute Gasteiger partial charge is 0.228 e. The summed E-state index contributed by atoms with van der Waals surface area (Å²) in [5.74, 6) is 0.411. The van der Waals surface area contributed by atoms with Gasteiger partial charge in [0.1, 0.15) is 5.75 Å². The Kier molecular flexibility index (Phi) is 5.73. The number of benzene rings is 2. The molecule has 2 amide bonds. The predicted molar refractivity (Wildman–Crippen MR) is 111 cm³/mol. The summed E-state index contributed by atoms with van der Waals surface area (Å²) >= 11 is 0. The second kappa shape index (κ2) is 8.05. The highest BCUT2D eigenvalue weighted by atomic mass is 16.5. The fraction of sp³-hybridized carbons (Fsp3) is 0.391. The lowest BCUT2D eigenvalue weighted by Crippen LogP contribution is -2.36. The first-order chi connectivity index (χ1) is 13.3. The van der Waals surface area contributed by atoms with Crippen LogP contribution < -0.4 is 9.64 Å². The highest BCUT2D eigenvalue weighted by molar-refractivity contribution is 6.01. The molecule has 2 aromatic rings. The van der Waals surface area contributed by atoms with E-state index in [-0.39, 0.29) is 30.2 Å². The second-order valence-corrected chi connectivity index (χ2v) is 7.49. The number of anilines is 1. The summed E-state index contributed by atoms with van der Waals surface area (Å²) in [5.41, 5.74) is 4.08. The summed E-state index contributed by atoms with van der Waals surface area (Å²) in [4.78, 5) is 29.3. The summed E-state index contributed by atoms with van der Waals surface area (Å²) in [6.07, 6.45) is 0.245. The molecule has 3 rings (SSSR count). The van der Waals surface area contributed by atoms with E-state index in [1.54, 1.807) is 24.0 Å². The van der Waals surface area contributed by atoms with Crippen molar-refractivity contribution in [1.29, 1.82) is 0 Å². The third-order valence-electron chi connectivity index (χ3n) is 5.86. The molecule has 0 spiro atoms. The molecular weight excluding hydrogens is 352 g/mol. The van der Waals surface area contributed by atoms with Gasteiger partial charge in [-0.05, 0) is 44.0 Å². The van der Waals surface area contributed by atoms with Crippen molar-refractivity contribution < 1.29 is 14.3 Å². The van der Waals surface area contributed by atoms with Gasteiger partial charge in [-0.15, -0.1) is 0 Å². The van der Waals surface area contributed by atoms with E-state index in [1.165, 1.54) is 0 Å². The molecule has 5 nitrogen and oxygen atoms in total. The highest BCUT2D eigenvalue weighted by Crippen LogP contribution is 2.33. The number of para-hydroxylation sites is 1. The third kappa shape index (κ3) is 3.61. The first-order valence-electron chi connectivity index (χ1n) is 9.61. The number of methoxy groups -OCH3 is 1. The van der Waals surface area contributed by atoms with E-state index in [1.807, 2.05) is 63.2 Å². The van der Waals surface area contributed by atoms with E-state index in [4.69, 9.17) is 4.74 Å². The van der Waals surface area contributed by atoms with Crippen molar-refractivity contribution in [3.05, 3.63) is 59.2 Å². The van der Waals surface area contributed by atoms with E-state index in [2.05, 4.69) is 0 Å². The lowest BCUT2D eigenvalue weighted by atomic mass is 10.0. The third-order valence-corrected chi connectivity index (χ3v) is 5.86. The molecule has 0 radical (unpaired) electrons. The molecule has 28 heavy (non-hydrogen) atoms. The number of ether oxygens (including phenoxy) is 1. The van der Waals surface area contributed by atoms with Gasteiger partial charge < -0.3 is 14.5 Å². The van der Waals surface area contributed by atoms with Gasteiger partial charge in [0.15, 0.2) is 0 Å². The van der Waals surface area contributed by atoms with Crippen molar-refractivity contribution in [2.45, 2.75) is 33.2 Å². The van der Waals surface area contributed by atoms with E-state index >= 15 is 0 Å². The highest BCUT2D eigenvalue weighted by Gasteiger charge is 2.38. The Morgan fingerprint density at radius 2 is 1.89 bits per heavy atom. The first kappa shape index (κ1) is 19.9. The maximum atomic E-state index is 13.1. The molecule has 1 heterocycles. The molecule has 1 saturated heterocycles. The first-order valence-corrected chi connectivity index (χ1v) is 9.61. The lowest BCUT2D eigenvalue weighted by molar-refractivity contribution is -0.136. The minimum atomic E-state index is -0.338. The van der Waals surface area contributed by atoms with Crippen LogP contribution in [0.25, 0.3) is 0 Å². The summed E-state index contributed by atoms with van der Waals surface area (Å²) < 4.78 is 5.44. The quantitative estimate of drug-likeness (QED) is 0.791. The molecule has 1 aliphatic rings. The van der Waals surface area contributed by atoms with Gasteiger partial charge in [0, 0.05) is 31.3 Å². The Morgan fingerprint density at radius 3 is 2.61 bits per heavy atom. The minimum Gasteiger partial charge on any atom is -0.496 e. The zero-order valence-corrected chi connectivity index (χ0v) is 17.2. The maximum absolute atomic E-state index is 13.1. The fourth-order valence-electron chi connectivity index (χ4n) is 3.83. The van der Waals surface area contributed by atoms with Crippen LogP contribution in [0.15, 0.2) is 42.5 Å². The van der Waals surface area contributed by atoms with Crippen molar-refractivity contribution in [2.24, 2.45) is 5.92 Å². The lowest BCUT2D eigenvalue weighted by Gasteiger charge is -2.29. The zero-order chi connectivity index (χ0) is 20.4. The largest absolute Gasteiger partial charge is 0.496 e. The van der Waals surface area contributed by atoms with Gasteiger partial charge in [-0.3, -0.25) is 9.59 Å². The molecule has 0 aromatic heterocycles. The van der Waals surface area contributed by atoms with Crippen LogP contribution in [-0.4, -0.2) is 37.4 Å². The molecule has 5 heteroatoms. The van der Waals surface area contributed by atoms with Crippen LogP contribution in [0.5, 0.6) is 5.75 Å². The molecule has 2 aromatic carbocycles. The van der Waals surface area contributed by atoms with E-state index in [0.29, 0.717) is 6.54 Å². The number of carbonyl (C=O) groups is 2. The van der Waals surface area contributed by atoms with Crippen LogP contribution in [0.1, 0.15) is 36.1 Å². The Labute approximate surface area is 166 Å². The molecule has 2 atom stereocenters. The molecule has 0 aliphatic carbocycles. The van der Waals surface area contributed by atoms with Crippen LogP contribution in [0.3, 0.4) is 0 Å². The van der Waals surface area contributed by atoms with E-state index in [0.717, 1.165) is 28.1 Å². The molecule has 0 unspecified atom stereocenters. The predicted octanol–water partition coefficient (Wildman–Crippen LogP) is 3.88. The number of amides is 2. The maximum Gasteiger partial charge on any atom is 0.228 e. The van der Waals surface area contributed by atoms with Gasteiger partial charge in [0.05, 0.1) is 19.1 Å². The average molecular weight is 380 g/mol. The second-order valence-electron chi connectivity index (χ2n) is 7.49. The normalized spacial score (nSPS) is 17.5. The summed E-state index contributed by atoms with van der Waals surface area (Å²) in [6.45, 7) is 6.45. The molecular formula is C23H28N2O3. The van der Waals surface area contributed by atoms with Gasteiger partial charge in [-0.1, -0.05) is 30.3 Å². The van der Waals surface area contributed by atoms with Gasteiger partial charge in [0.25, 0.3) is 0 Å². The van der Waals surface area contributed by atoms with Gasteiger partial charge in [-0.2, -0.15) is 0 Å². The standard InChI is InChI=1S/C23H28N2O3/c1-15-9-8-11-20(16(15)2)25-14-18(13-22(25)26)23(27)24(4)17(3)19-10-6-7-12-21(19)28-5/h6-12,17-18H,13-14H2,1-5H3/t17-,18+/m0/s1. The van der Waals surface area contributed by atoms with Crippen LogP contribution in [0, 0.1) is 19.8 Å². The van der Waals surface area contributed by atoms with Crippen molar-refractivity contribution in [3.63, 3.8) is 0 Å². The van der Waals surface area contributed by atoms with Crippen molar-refractivity contribution in [2.75, 3.05) is 25.6 Å². The average Bonchev–Trinajstić information content (AvgIpc) is 3.09. The number of rotatable bonds is 5. The number of aryl methyl sites for hydroxylation is 1. The molecule has 0 bridgehead atoms. The number of carbonyl (C=O) groups excluding carboxylic acids is 2. The Hall–Kier alpha value is -2.82. The summed E-state index contributed by atoms with van der Waals surface area (Å²) in [7, 11) is 3.43. The van der Waals surface area contributed by atoms with Crippen LogP contribution in [-0.2, 0) is 9.59 Å². The van der Waals surface area contributed by atoms with Crippen LogP contribution in [0.2, 0.25) is 0 Å². The summed E-state index contributed by atoms with van der Waals surface area (Å²) in [5, 5.41) is 0. The number of hydrogen-bond acceptors (Lipinski definition) is 3. The van der Waals surface area contributed by atoms with Crippen LogP contribution >= 0.6 is 0 Å². The topological polar surface area (TPSA) is 49.9 Å². The minimum absolute atomic E-state index is 0.00500. The number of hydrogen-bond donors (Lipinski definition) is 0. The molecule has 0 saturated carbocycles. The molecule has 1 fully saturated rings. The summed E-state index contributed by atoms with van der Waals surface area (Å²) in [6, 6.07) is 13.5. The van der Waals surface area contributed by atoms with Crippen molar-refractivity contribution in [1.82, 2.24) is 4.90 Å². The van der Waals surface area contributed by atoms with E-state index in [9.17, 15) is 9.59 Å². The zero-order valence-electron chi connectivity index (χ0n) is 17.2.